The van der Waals surface area contributed by atoms with E-state index in [4.69, 9.17) is 10.00 Å². The highest BCUT2D eigenvalue weighted by Gasteiger charge is 2.17. The van der Waals surface area contributed by atoms with Gasteiger partial charge < -0.3 is 4.74 Å². The first-order valence-corrected chi connectivity index (χ1v) is 5.62. The normalized spacial score (nSPS) is 15.2. The van der Waals surface area contributed by atoms with Crippen molar-refractivity contribution in [2.24, 2.45) is 5.92 Å². The Morgan fingerprint density at radius 2 is 2.25 bits per heavy atom. The summed E-state index contributed by atoms with van der Waals surface area (Å²) in [7, 11) is 0. The average molecular weight is 219 g/mol. The number of benzene rings is 1. The van der Waals surface area contributed by atoms with Crippen LogP contribution in [0.1, 0.15) is 31.2 Å². The van der Waals surface area contributed by atoms with Crippen LogP contribution in [0.15, 0.2) is 18.2 Å². The van der Waals surface area contributed by atoms with Gasteiger partial charge in [-0.2, -0.15) is 5.26 Å². The van der Waals surface area contributed by atoms with E-state index in [0.717, 1.165) is 12.3 Å². The summed E-state index contributed by atoms with van der Waals surface area (Å²) < 4.78 is 18.7. The van der Waals surface area contributed by atoms with Crippen molar-refractivity contribution in [1.82, 2.24) is 0 Å². The Morgan fingerprint density at radius 3 is 2.88 bits per heavy atom. The van der Waals surface area contributed by atoms with Crippen LogP contribution in [0.4, 0.5) is 4.39 Å². The quantitative estimate of drug-likeness (QED) is 0.778. The van der Waals surface area contributed by atoms with Crippen molar-refractivity contribution in [3.8, 4) is 11.8 Å². The molecule has 1 fully saturated rings. The fourth-order valence-corrected chi connectivity index (χ4v) is 1.85. The summed E-state index contributed by atoms with van der Waals surface area (Å²) in [5.74, 6) is 0.615. The lowest BCUT2D eigenvalue weighted by atomic mass is 9.83. The van der Waals surface area contributed by atoms with Gasteiger partial charge in [-0.1, -0.05) is 25.3 Å². The number of nitriles is 1. The van der Waals surface area contributed by atoms with Crippen molar-refractivity contribution in [1.29, 1.82) is 5.26 Å². The molecule has 2 nitrogen and oxygen atoms in total. The van der Waals surface area contributed by atoms with Crippen LogP contribution in [0.3, 0.4) is 0 Å². The zero-order valence-corrected chi connectivity index (χ0v) is 9.08. The highest BCUT2D eigenvalue weighted by molar-refractivity contribution is 5.43. The first-order chi connectivity index (χ1) is 7.81. The minimum atomic E-state index is -0.511. The van der Waals surface area contributed by atoms with Crippen molar-refractivity contribution in [2.45, 2.75) is 25.7 Å². The third kappa shape index (κ3) is 2.33. The minimum absolute atomic E-state index is 0.0103. The van der Waals surface area contributed by atoms with E-state index in [0.29, 0.717) is 12.4 Å². The predicted molar refractivity (Wildman–Crippen MR) is 58.6 cm³/mol. The van der Waals surface area contributed by atoms with Gasteiger partial charge >= 0.3 is 0 Å². The molecule has 0 heterocycles. The Bertz CT molecular complexity index is 407. The van der Waals surface area contributed by atoms with E-state index in [1.54, 1.807) is 12.1 Å². The standard InChI is InChI=1S/C13H14FNO/c14-12-5-2-6-13(11(12)9-15)16-8-7-10-3-1-4-10/h2,5-6,10H,1,3-4,7-8H2. The lowest BCUT2D eigenvalue weighted by molar-refractivity contribution is 0.221. The molecule has 0 atom stereocenters. The van der Waals surface area contributed by atoms with E-state index in [1.807, 2.05) is 6.07 Å². The van der Waals surface area contributed by atoms with Crippen molar-refractivity contribution >= 4 is 0 Å². The second kappa shape index (κ2) is 4.98. The monoisotopic (exact) mass is 219 g/mol. The van der Waals surface area contributed by atoms with Gasteiger partial charge in [0, 0.05) is 0 Å². The number of ether oxygens (including phenoxy) is 1. The van der Waals surface area contributed by atoms with Crippen molar-refractivity contribution in [2.75, 3.05) is 6.61 Å². The lowest BCUT2D eigenvalue weighted by Gasteiger charge is -2.25. The molecule has 0 aliphatic heterocycles. The third-order valence-electron chi connectivity index (χ3n) is 3.10. The van der Waals surface area contributed by atoms with Gasteiger partial charge in [-0.3, -0.25) is 0 Å². The number of nitrogens with zero attached hydrogens (tertiary/aromatic N) is 1. The lowest BCUT2D eigenvalue weighted by Crippen LogP contribution is -2.14. The van der Waals surface area contributed by atoms with E-state index in [9.17, 15) is 4.39 Å². The predicted octanol–water partition coefficient (Wildman–Crippen LogP) is 3.27. The summed E-state index contributed by atoms with van der Waals surface area (Å²) in [4.78, 5) is 0. The number of halogens is 1. The maximum absolute atomic E-state index is 13.2. The summed E-state index contributed by atoms with van der Waals surface area (Å²) in [5.41, 5.74) is 0.0103. The van der Waals surface area contributed by atoms with E-state index >= 15 is 0 Å². The van der Waals surface area contributed by atoms with Gasteiger partial charge in [0.15, 0.2) is 0 Å². The first kappa shape index (κ1) is 10.9. The van der Waals surface area contributed by atoms with Crippen molar-refractivity contribution in [3.05, 3.63) is 29.6 Å². The van der Waals surface area contributed by atoms with Crippen LogP contribution >= 0.6 is 0 Å². The molecule has 0 bridgehead atoms. The molecule has 0 amide bonds. The highest BCUT2D eigenvalue weighted by atomic mass is 19.1. The zero-order valence-electron chi connectivity index (χ0n) is 9.08. The molecule has 3 heteroatoms. The summed E-state index contributed by atoms with van der Waals surface area (Å²) in [6, 6.07) is 6.31. The SMILES string of the molecule is N#Cc1c(F)cccc1OCCC1CCC1. The van der Waals surface area contributed by atoms with E-state index in [2.05, 4.69) is 0 Å². The van der Waals surface area contributed by atoms with Gasteiger partial charge in [-0.15, -0.1) is 0 Å². The maximum Gasteiger partial charge on any atom is 0.144 e. The van der Waals surface area contributed by atoms with E-state index < -0.39 is 5.82 Å². The molecular weight excluding hydrogens is 205 g/mol. The Labute approximate surface area is 94.7 Å². The Balaban J connectivity index is 1.93. The van der Waals surface area contributed by atoms with Crippen LogP contribution < -0.4 is 4.74 Å². The molecule has 0 spiro atoms. The first-order valence-electron chi connectivity index (χ1n) is 5.62. The molecular formula is C13H14FNO. The van der Waals surface area contributed by atoms with Crippen molar-refractivity contribution < 1.29 is 9.13 Å². The Kier molecular flexibility index (Phi) is 3.40. The fraction of sp³-hybridized carbons (Fsp3) is 0.462. The summed E-state index contributed by atoms with van der Waals surface area (Å²) in [6.45, 7) is 0.572. The van der Waals surface area contributed by atoms with Gasteiger partial charge in [-0.25, -0.2) is 4.39 Å². The molecule has 1 aromatic rings. The number of hydrogen-bond acceptors (Lipinski definition) is 2. The van der Waals surface area contributed by atoms with Crippen LogP contribution in [0.25, 0.3) is 0 Å². The smallest absolute Gasteiger partial charge is 0.144 e. The second-order valence-corrected chi connectivity index (χ2v) is 4.16. The molecule has 2 rings (SSSR count). The molecule has 1 saturated carbocycles. The van der Waals surface area contributed by atoms with E-state index in [-0.39, 0.29) is 5.56 Å². The van der Waals surface area contributed by atoms with Crippen LogP contribution in [0.2, 0.25) is 0 Å². The molecule has 0 aromatic heterocycles. The van der Waals surface area contributed by atoms with E-state index in [1.165, 1.54) is 25.3 Å². The van der Waals surface area contributed by atoms with Crippen LogP contribution in [0, 0.1) is 23.1 Å². The largest absolute Gasteiger partial charge is 0.492 e. The molecule has 0 N–H and O–H groups in total. The minimum Gasteiger partial charge on any atom is -0.492 e. The molecule has 0 saturated heterocycles. The highest BCUT2D eigenvalue weighted by Crippen LogP contribution is 2.29. The maximum atomic E-state index is 13.2. The fourth-order valence-electron chi connectivity index (χ4n) is 1.85. The van der Waals surface area contributed by atoms with Gasteiger partial charge in [-0.05, 0) is 24.5 Å². The van der Waals surface area contributed by atoms with Gasteiger partial charge in [0.2, 0.25) is 0 Å². The molecule has 1 aromatic carbocycles. The van der Waals surface area contributed by atoms with Gasteiger partial charge in [0.1, 0.15) is 23.2 Å². The van der Waals surface area contributed by atoms with Gasteiger partial charge in [0.25, 0.3) is 0 Å². The van der Waals surface area contributed by atoms with Crippen LogP contribution in [-0.2, 0) is 0 Å². The van der Waals surface area contributed by atoms with Crippen LogP contribution in [0.5, 0.6) is 5.75 Å². The second-order valence-electron chi connectivity index (χ2n) is 4.16. The average Bonchev–Trinajstić information content (AvgIpc) is 2.22. The molecule has 1 aliphatic carbocycles. The molecule has 16 heavy (non-hydrogen) atoms. The summed E-state index contributed by atoms with van der Waals surface area (Å²) >= 11 is 0. The third-order valence-corrected chi connectivity index (χ3v) is 3.10. The number of hydrogen-bond donors (Lipinski definition) is 0. The summed E-state index contributed by atoms with van der Waals surface area (Å²) in [6.07, 6.45) is 4.87. The molecule has 84 valence electrons. The Hall–Kier alpha value is -1.56. The number of rotatable bonds is 4. The topological polar surface area (TPSA) is 33.0 Å². The Morgan fingerprint density at radius 1 is 1.44 bits per heavy atom. The zero-order chi connectivity index (χ0) is 11.4. The summed E-state index contributed by atoms with van der Waals surface area (Å²) in [5, 5.41) is 8.80. The molecule has 0 unspecified atom stereocenters. The molecule has 1 aliphatic rings. The van der Waals surface area contributed by atoms with Crippen LogP contribution in [-0.4, -0.2) is 6.61 Å². The van der Waals surface area contributed by atoms with Gasteiger partial charge in [0.05, 0.1) is 6.61 Å². The van der Waals surface area contributed by atoms with Crippen molar-refractivity contribution in [3.63, 3.8) is 0 Å². The molecule has 0 radical (unpaired) electrons.